The molecule has 6 nitrogen and oxygen atoms in total. The fourth-order valence-electron chi connectivity index (χ4n) is 2.17. The van der Waals surface area contributed by atoms with Gasteiger partial charge in [-0.2, -0.15) is 0 Å². The van der Waals surface area contributed by atoms with Gasteiger partial charge in [-0.1, -0.05) is 13.8 Å². The van der Waals surface area contributed by atoms with Crippen molar-refractivity contribution in [1.82, 2.24) is 4.98 Å². The van der Waals surface area contributed by atoms with Crippen molar-refractivity contribution < 1.29 is 4.92 Å². The zero-order valence-corrected chi connectivity index (χ0v) is 12.1. The summed E-state index contributed by atoms with van der Waals surface area (Å²) in [7, 11) is 0. The van der Waals surface area contributed by atoms with Crippen molar-refractivity contribution in [2.45, 2.75) is 39.5 Å². The van der Waals surface area contributed by atoms with Crippen LogP contribution in [0.25, 0.3) is 0 Å². The topological polar surface area (TPSA) is 80.1 Å². The molecule has 0 unspecified atom stereocenters. The van der Waals surface area contributed by atoms with Gasteiger partial charge in [-0.15, -0.1) is 0 Å². The molecule has 0 radical (unpaired) electrons. The van der Waals surface area contributed by atoms with Crippen LogP contribution in [0.3, 0.4) is 0 Å². The highest BCUT2D eigenvalue weighted by atomic mass is 16.6. The smallest absolute Gasteiger partial charge is 0.276 e. The van der Waals surface area contributed by atoms with E-state index in [1.807, 2.05) is 6.92 Å². The summed E-state index contributed by atoms with van der Waals surface area (Å²) in [4.78, 5) is 15.0. The molecule has 1 fully saturated rings. The largest absolute Gasteiger partial charge is 0.370 e. The van der Waals surface area contributed by atoms with Crippen molar-refractivity contribution in [1.29, 1.82) is 0 Å². The first-order chi connectivity index (χ1) is 9.58. The number of pyridine rings is 1. The molecule has 20 heavy (non-hydrogen) atoms. The third-order valence-corrected chi connectivity index (χ3v) is 3.93. The number of nitro groups is 1. The van der Waals surface area contributed by atoms with Crippen molar-refractivity contribution in [3.63, 3.8) is 0 Å². The van der Waals surface area contributed by atoms with Crippen LogP contribution in [0.1, 0.15) is 39.5 Å². The number of aromatic nitrogens is 1. The Morgan fingerprint density at radius 2 is 1.95 bits per heavy atom. The Morgan fingerprint density at radius 3 is 2.45 bits per heavy atom. The molecule has 0 aliphatic heterocycles. The fourth-order valence-corrected chi connectivity index (χ4v) is 2.17. The zero-order chi connectivity index (χ0) is 14.6. The van der Waals surface area contributed by atoms with Crippen LogP contribution in [0, 0.1) is 15.5 Å². The Balaban J connectivity index is 2.09. The van der Waals surface area contributed by atoms with E-state index in [0.29, 0.717) is 17.1 Å². The van der Waals surface area contributed by atoms with Crippen LogP contribution in [-0.4, -0.2) is 23.0 Å². The molecule has 0 aromatic carbocycles. The van der Waals surface area contributed by atoms with E-state index in [1.54, 1.807) is 0 Å². The van der Waals surface area contributed by atoms with Crippen LogP contribution in [0.5, 0.6) is 0 Å². The Morgan fingerprint density at radius 1 is 1.30 bits per heavy atom. The van der Waals surface area contributed by atoms with Gasteiger partial charge >= 0.3 is 0 Å². The fraction of sp³-hybridized carbons (Fsp3) is 0.643. The highest BCUT2D eigenvalue weighted by Crippen LogP contribution is 2.48. The molecule has 1 aromatic heterocycles. The highest BCUT2D eigenvalue weighted by molar-refractivity contribution is 5.54. The van der Waals surface area contributed by atoms with Crippen LogP contribution in [0.4, 0.5) is 17.3 Å². The Bertz CT molecular complexity index is 486. The third-order valence-electron chi connectivity index (χ3n) is 3.93. The number of hydrogen-bond acceptors (Lipinski definition) is 5. The monoisotopic (exact) mass is 278 g/mol. The number of nitrogens with zero attached hydrogens (tertiary/aromatic N) is 2. The van der Waals surface area contributed by atoms with Gasteiger partial charge in [-0.25, -0.2) is 4.98 Å². The number of anilines is 2. The molecule has 0 atom stereocenters. The van der Waals surface area contributed by atoms with Gasteiger partial charge in [-0.3, -0.25) is 10.1 Å². The van der Waals surface area contributed by atoms with E-state index in [9.17, 15) is 10.1 Å². The summed E-state index contributed by atoms with van der Waals surface area (Å²) in [5, 5.41) is 17.3. The Hall–Kier alpha value is -1.85. The predicted octanol–water partition coefficient (Wildman–Crippen LogP) is 3.41. The molecular weight excluding hydrogens is 256 g/mol. The SMILES string of the molecule is CCCNc1cc([N+](=O)[O-])cc(NCC2(CC)CC2)n1. The molecule has 2 rings (SSSR count). The molecule has 1 saturated carbocycles. The van der Waals surface area contributed by atoms with E-state index in [1.165, 1.54) is 25.0 Å². The summed E-state index contributed by atoms with van der Waals surface area (Å²) in [6.07, 6.45) is 4.54. The van der Waals surface area contributed by atoms with E-state index >= 15 is 0 Å². The summed E-state index contributed by atoms with van der Waals surface area (Å²) in [5.74, 6) is 1.14. The van der Waals surface area contributed by atoms with Gasteiger partial charge in [0.2, 0.25) is 0 Å². The molecule has 6 heteroatoms. The summed E-state index contributed by atoms with van der Waals surface area (Å²) in [5.41, 5.74) is 0.450. The molecule has 1 heterocycles. The van der Waals surface area contributed by atoms with Gasteiger partial charge < -0.3 is 10.6 Å². The lowest BCUT2D eigenvalue weighted by molar-refractivity contribution is -0.384. The van der Waals surface area contributed by atoms with Gasteiger partial charge in [-0.05, 0) is 31.1 Å². The standard InChI is InChI=1S/C14H22N4O2/c1-3-7-15-12-8-11(18(19)20)9-13(17-12)16-10-14(4-2)5-6-14/h8-9H,3-7,10H2,1-2H3,(H2,15,16,17). The zero-order valence-electron chi connectivity index (χ0n) is 12.1. The van der Waals surface area contributed by atoms with Crippen molar-refractivity contribution in [3.05, 3.63) is 22.2 Å². The molecule has 110 valence electrons. The van der Waals surface area contributed by atoms with E-state index in [4.69, 9.17) is 0 Å². The van der Waals surface area contributed by atoms with Crippen molar-refractivity contribution in [2.75, 3.05) is 23.7 Å². The lowest BCUT2D eigenvalue weighted by Crippen LogP contribution is -2.15. The average molecular weight is 278 g/mol. The van der Waals surface area contributed by atoms with Crippen LogP contribution >= 0.6 is 0 Å². The lowest BCUT2D eigenvalue weighted by atomic mass is 10.0. The molecule has 2 N–H and O–H groups in total. The minimum Gasteiger partial charge on any atom is -0.370 e. The molecule has 1 aliphatic rings. The third kappa shape index (κ3) is 3.59. The van der Waals surface area contributed by atoms with Crippen LogP contribution < -0.4 is 10.6 Å². The van der Waals surface area contributed by atoms with Gasteiger partial charge in [0, 0.05) is 13.1 Å². The molecular formula is C14H22N4O2. The summed E-state index contributed by atoms with van der Waals surface area (Å²) >= 11 is 0. The summed E-state index contributed by atoms with van der Waals surface area (Å²) in [6, 6.07) is 2.98. The normalized spacial score (nSPS) is 15.7. The molecule has 0 saturated heterocycles. The lowest BCUT2D eigenvalue weighted by Gasteiger charge is -2.14. The predicted molar refractivity (Wildman–Crippen MR) is 80.1 cm³/mol. The molecule has 0 spiro atoms. The van der Waals surface area contributed by atoms with E-state index in [0.717, 1.165) is 25.9 Å². The first-order valence-corrected chi connectivity index (χ1v) is 7.23. The maximum Gasteiger partial charge on any atom is 0.276 e. The maximum absolute atomic E-state index is 11.0. The molecule has 1 aliphatic carbocycles. The van der Waals surface area contributed by atoms with Crippen molar-refractivity contribution >= 4 is 17.3 Å². The number of rotatable bonds is 8. The first-order valence-electron chi connectivity index (χ1n) is 7.23. The minimum atomic E-state index is -0.378. The molecule has 0 bridgehead atoms. The second kappa shape index (κ2) is 6.07. The van der Waals surface area contributed by atoms with Gasteiger partial charge in [0.1, 0.15) is 11.6 Å². The maximum atomic E-state index is 11.0. The molecule has 0 amide bonds. The van der Waals surface area contributed by atoms with Gasteiger partial charge in [0.05, 0.1) is 17.1 Å². The van der Waals surface area contributed by atoms with Crippen LogP contribution in [0.2, 0.25) is 0 Å². The highest BCUT2D eigenvalue weighted by Gasteiger charge is 2.40. The minimum absolute atomic E-state index is 0.0717. The van der Waals surface area contributed by atoms with Crippen LogP contribution in [-0.2, 0) is 0 Å². The summed E-state index contributed by atoms with van der Waals surface area (Å²) < 4.78 is 0. The average Bonchev–Trinajstić information content (AvgIpc) is 3.23. The molecule has 1 aromatic rings. The number of hydrogen-bond donors (Lipinski definition) is 2. The van der Waals surface area contributed by atoms with Crippen molar-refractivity contribution in [2.24, 2.45) is 5.41 Å². The van der Waals surface area contributed by atoms with E-state index in [2.05, 4.69) is 22.5 Å². The first kappa shape index (κ1) is 14.6. The van der Waals surface area contributed by atoms with Gasteiger partial charge in [0.25, 0.3) is 5.69 Å². The van der Waals surface area contributed by atoms with Gasteiger partial charge in [0.15, 0.2) is 0 Å². The second-order valence-corrected chi connectivity index (χ2v) is 5.49. The number of nitrogens with one attached hydrogen (secondary N) is 2. The quantitative estimate of drug-likeness (QED) is 0.562. The van der Waals surface area contributed by atoms with E-state index in [-0.39, 0.29) is 10.6 Å². The van der Waals surface area contributed by atoms with Crippen LogP contribution in [0.15, 0.2) is 12.1 Å². The Kier molecular flexibility index (Phi) is 4.42. The van der Waals surface area contributed by atoms with E-state index < -0.39 is 0 Å². The Labute approximate surface area is 119 Å². The van der Waals surface area contributed by atoms with Crippen molar-refractivity contribution in [3.8, 4) is 0 Å². The second-order valence-electron chi connectivity index (χ2n) is 5.49. The summed E-state index contributed by atoms with van der Waals surface area (Å²) in [6.45, 7) is 5.82.